The molecule has 0 amide bonds. The van der Waals surface area contributed by atoms with Crippen molar-refractivity contribution in [2.75, 3.05) is 6.54 Å². The predicted octanol–water partition coefficient (Wildman–Crippen LogP) is 2.68. The first-order valence-electron chi connectivity index (χ1n) is 6.34. The third-order valence-corrected chi connectivity index (χ3v) is 2.94. The molecule has 1 N–H and O–H groups in total. The van der Waals surface area contributed by atoms with Crippen molar-refractivity contribution in [1.29, 1.82) is 0 Å². The predicted molar refractivity (Wildman–Crippen MR) is 73.3 cm³/mol. The van der Waals surface area contributed by atoms with Gasteiger partial charge in [-0.05, 0) is 42.8 Å². The van der Waals surface area contributed by atoms with Gasteiger partial charge < -0.3 is 5.32 Å². The van der Waals surface area contributed by atoms with Crippen molar-refractivity contribution in [3.63, 3.8) is 0 Å². The summed E-state index contributed by atoms with van der Waals surface area (Å²) in [5, 5.41) is 3.49. The van der Waals surface area contributed by atoms with Crippen molar-refractivity contribution in [2.45, 2.75) is 26.3 Å². The molecule has 2 aromatic heterocycles. The van der Waals surface area contributed by atoms with Crippen molar-refractivity contribution < 1.29 is 0 Å². The molecule has 2 rings (SSSR count). The molecule has 0 saturated carbocycles. The normalized spacial score (nSPS) is 12.3. The minimum atomic E-state index is 0.299. The molecular weight excluding hydrogens is 222 g/mol. The van der Waals surface area contributed by atoms with Crippen molar-refractivity contribution in [2.24, 2.45) is 0 Å². The number of nitrogens with zero attached hydrogens (tertiary/aromatic N) is 2. The number of pyridine rings is 2. The van der Waals surface area contributed by atoms with Gasteiger partial charge >= 0.3 is 0 Å². The van der Waals surface area contributed by atoms with E-state index in [4.69, 9.17) is 0 Å². The second-order valence-electron chi connectivity index (χ2n) is 4.42. The molecule has 0 aliphatic carbocycles. The number of rotatable bonds is 5. The molecule has 94 valence electrons. The van der Waals surface area contributed by atoms with E-state index in [2.05, 4.69) is 53.4 Å². The fourth-order valence-electron chi connectivity index (χ4n) is 1.98. The summed E-state index contributed by atoms with van der Waals surface area (Å²) in [6.07, 6.45) is 6.49. The van der Waals surface area contributed by atoms with E-state index in [1.807, 2.05) is 18.6 Å². The van der Waals surface area contributed by atoms with Gasteiger partial charge in [-0.2, -0.15) is 0 Å². The van der Waals surface area contributed by atoms with E-state index in [9.17, 15) is 0 Å². The number of likely N-dealkylation sites (N-methyl/N-ethyl adjacent to an activating group) is 1. The lowest BCUT2D eigenvalue weighted by Gasteiger charge is -2.17. The summed E-state index contributed by atoms with van der Waals surface area (Å²) in [4.78, 5) is 8.53. The first-order valence-corrected chi connectivity index (χ1v) is 6.34. The molecule has 3 heteroatoms. The summed E-state index contributed by atoms with van der Waals surface area (Å²) in [5.41, 5.74) is 3.57. The Balaban J connectivity index is 2.14. The van der Waals surface area contributed by atoms with Gasteiger partial charge in [0.25, 0.3) is 0 Å². The van der Waals surface area contributed by atoms with Crippen molar-refractivity contribution in [3.8, 4) is 0 Å². The van der Waals surface area contributed by atoms with Gasteiger partial charge in [-0.1, -0.05) is 13.0 Å². The Labute approximate surface area is 108 Å². The van der Waals surface area contributed by atoms with E-state index in [-0.39, 0.29) is 0 Å². The fourth-order valence-corrected chi connectivity index (χ4v) is 1.98. The number of hydrogen-bond acceptors (Lipinski definition) is 3. The lowest BCUT2D eigenvalue weighted by atomic mass is 10.0. The van der Waals surface area contributed by atoms with Crippen LogP contribution in [0.4, 0.5) is 0 Å². The smallest absolute Gasteiger partial charge is 0.0422 e. The van der Waals surface area contributed by atoms with Crippen molar-refractivity contribution >= 4 is 0 Å². The summed E-state index contributed by atoms with van der Waals surface area (Å²) in [7, 11) is 0. The first kappa shape index (κ1) is 12.7. The van der Waals surface area contributed by atoms with Gasteiger partial charge in [0.1, 0.15) is 0 Å². The van der Waals surface area contributed by atoms with E-state index in [1.165, 1.54) is 11.1 Å². The zero-order chi connectivity index (χ0) is 12.8. The fraction of sp³-hybridized carbons (Fsp3) is 0.333. The molecule has 2 heterocycles. The lowest BCUT2D eigenvalue weighted by molar-refractivity contribution is 0.543. The summed E-state index contributed by atoms with van der Waals surface area (Å²) >= 11 is 0. The Morgan fingerprint density at radius 3 is 2.56 bits per heavy atom. The van der Waals surface area contributed by atoms with E-state index in [0.29, 0.717) is 6.04 Å². The Morgan fingerprint density at radius 2 is 1.94 bits per heavy atom. The zero-order valence-electron chi connectivity index (χ0n) is 10.9. The minimum absolute atomic E-state index is 0.299. The lowest BCUT2D eigenvalue weighted by Crippen LogP contribution is -2.23. The van der Waals surface area contributed by atoms with Crippen LogP contribution < -0.4 is 5.32 Å². The molecule has 0 aliphatic rings. The first-order chi connectivity index (χ1) is 8.79. The van der Waals surface area contributed by atoms with Crippen LogP contribution in [-0.4, -0.2) is 16.5 Å². The quantitative estimate of drug-likeness (QED) is 0.874. The topological polar surface area (TPSA) is 37.8 Å². The molecular formula is C15H19N3. The number of nitrogens with one attached hydrogen (secondary N) is 1. The highest BCUT2D eigenvalue weighted by Crippen LogP contribution is 2.16. The van der Waals surface area contributed by atoms with Crippen LogP contribution >= 0.6 is 0 Å². The molecule has 1 unspecified atom stereocenters. The van der Waals surface area contributed by atoms with E-state index in [1.54, 1.807) is 0 Å². The highest BCUT2D eigenvalue weighted by atomic mass is 14.9. The molecule has 3 nitrogen and oxygen atoms in total. The van der Waals surface area contributed by atoms with Gasteiger partial charge in [-0.15, -0.1) is 0 Å². The van der Waals surface area contributed by atoms with E-state index >= 15 is 0 Å². The molecule has 0 radical (unpaired) electrons. The Kier molecular flexibility index (Phi) is 4.42. The van der Waals surface area contributed by atoms with Gasteiger partial charge in [-0.25, -0.2) is 0 Å². The minimum Gasteiger partial charge on any atom is -0.310 e. The highest BCUT2D eigenvalue weighted by molar-refractivity contribution is 5.19. The second-order valence-corrected chi connectivity index (χ2v) is 4.42. The van der Waals surface area contributed by atoms with Crippen LogP contribution in [0.5, 0.6) is 0 Å². The molecule has 2 aromatic rings. The Morgan fingerprint density at radius 1 is 1.17 bits per heavy atom. The number of aromatic nitrogens is 2. The summed E-state index contributed by atoms with van der Waals surface area (Å²) in [6.45, 7) is 5.12. The van der Waals surface area contributed by atoms with Crippen LogP contribution in [0.15, 0.2) is 42.9 Å². The molecule has 18 heavy (non-hydrogen) atoms. The zero-order valence-corrected chi connectivity index (χ0v) is 10.9. The largest absolute Gasteiger partial charge is 0.310 e. The molecule has 0 bridgehead atoms. The maximum Gasteiger partial charge on any atom is 0.0422 e. The maximum atomic E-state index is 4.47. The summed E-state index contributed by atoms with van der Waals surface area (Å²) in [5.74, 6) is 0. The van der Waals surface area contributed by atoms with Gasteiger partial charge in [-0.3, -0.25) is 9.97 Å². The number of hydrogen-bond donors (Lipinski definition) is 1. The van der Waals surface area contributed by atoms with Gasteiger partial charge in [0, 0.05) is 36.7 Å². The van der Waals surface area contributed by atoms with Crippen LogP contribution in [0, 0.1) is 6.92 Å². The van der Waals surface area contributed by atoms with Gasteiger partial charge in [0.15, 0.2) is 0 Å². The molecule has 0 spiro atoms. The van der Waals surface area contributed by atoms with E-state index < -0.39 is 0 Å². The summed E-state index contributed by atoms with van der Waals surface area (Å²) < 4.78 is 0. The molecule has 0 aliphatic heterocycles. The van der Waals surface area contributed by atoms with E-state index in [0.717, 1.165) is 18.7 Å². The van der Waals surface area contributed by atoms with Crippen molar-refractivity contribution in [1.82, 2.24) is 15.3 Å². The average molecular weight is 241 g/mol. The van der Waals surface area contributed by atoms with Crippen LogP contribution in [0.3, 0.4) is 0 Å². The molecule has 1 atom stereocenters. The number of aryl methyl sites for hydroxylation is 1. The van der Waals surface area contributed by atoms with Gasteiger partial charge in [0.05, 0.1) is 0 Å². The third-order valence-electron chi connectivity index (χ3n) is 2.94. The molecule has 0 saturated heterocycles. The SMILES string of the molecule is CCNC(Cc1ccc(C)cn1)c1ccncc1. The Bertz CT molecular complexity index is 465. The highest BCUT2D eigenvalue weighted by Gasteiger charge is 2.11. The second kappa shape index (κ2) is 6.26. The van der Waals surface area contributed by atoms with Crippen LogP contribution in [-0.2, 0) is 6.42 Å². The molecule has 0 fully saturated rings. The van der Waals surface area contributed by atoms with Crippen LogP contribution in [0.1, 0.15) is 29.8 Å². The molecule has 0 aromatic carbocycles. The van der Waals surface area contributed by atoms with Crippen LogP contribution in [0.2, 0.25) is 0 Å². The third kappa shape index (κ3) is 3.37. The monoisotopic (exact) mass is 241 g/mol. The van der Waals surface area contributed by atoms with Crippen molar-refractivity contribution in [3.05, 3.63) is 59.7 Å². The average Bonchev–Trinajstić information content (AvgIpc) is 2.42. The Hall–Kier alpha value is -1.74. The van der Waals surface area contributed by atoms with Gasteiger partial charge in [0.2, 0.25) is 0 Å². The standard InChI is InChI=1S/C15H19N3/c1-3-17-15(13-6-8-16-9-7-13)10-14-5-4-12(2)11-18-14/h4-9,11,15,17H,3,10H2,1-2H3. The van der Waals surface area contributed by atoms with Crippen LogP contribution in [0.25, 0.3) is 0 Å². The maximum absolute atomic E-state index is 4.47. The summed E-state index contributed by atoms with van der Waals surface area (Å²) in [6, 6.07) is 8.62.